The zero-order valence-electron chi connectivity index (χ0n) is 18.8. The van der Waals surface area contributed by atoms with Gasteiger partial charge in [0.05, 0.1) is 39.3 Å². The van der Waals surface area contributed by atoms with E-state index in [9.17, 15) is 9.59 Å². The van der Waals surface area contributed by atoms with Gasteiger partial charge in [0.2, 0.25) is 0 Å². The van der Waals surface area contributed by atoms with Crippen molar-refractivity contribution in [1.82, 2.24) is 4.90 Å². The predicted molar refractivity (Wildman–Crippen MR) is 141 cm³/mol. The SMILES string of the molecule is CCOCCN1C(=O)/C(=C/c2cc(Br)c(OCC(=O)OCC)c(Br)c2)SC1=Nc1ccccc1. The molecule has 0 N–H and O–H groups in total. The number of hydrogen-bond acceptors (Lipinski definition) is 7. The summed E-state index contributed by atoms with van der Waals surface area (Å²) in [5.74, 6) is -0.0997. The lowest BCUT2D eigenvalue weighted by atomic mass is 10.2. The van der Waals surface area contributed by atoms with E-state index in [1.807, 2.05) is 49.4 Å². The zero-order chi connectivity index (χ0) is 24.5. The first kappa shape index (κ1) is 26.5. The molecule has 0 aliphatic carbocycles. The first-order valence-corrected chi connectivity index (χ1v) is 13.0. The summed E-state index contributed by atoms with van der Waals surface area (Å²) in [7, 11) is 0. The summed E-state index contributed by atoms with van der Waals surface area (Å²) >= 11 is 8.28. The van der Waals surface area contributed by atoms with Crippen molar-refractivity contribution in [1.29, 1.82) is 0 Å². The molecule has 0 saturated carbocycles. The van der Waals surface area contributed by atoms with Gasteiger partial charge in [-0.25, -0.2) is 9.79 Å². The number of para-hydroxylation sites is 1. The van der Waals surface area contributed by atoms with E-state index < -0.39 is 5.97 Å². The van der Waals surface area contributed by atoms with E-state index in [0.717, 1.165) is 11.3 Å². The number of aliphatic imine (C=N–C) groups is 1. The Labute approximate surface area is 219 Å². The van der Waals surface area contributed by atoms with E-state index in [2.05, 4.69) is 36.9 Å². The molecule has 0 radical (unpaired) electrons. The fourth-order valence-electron chi connectivity index (χ4n) is 2.99. The summed E-state index contributed by atoms with van der Waals surface area (Å²) in [6, 6.07) is 13.2. The highest BCUT2D eigenvalue weighted by molar-refractivity contribution is 9.11. The third kappa shape index (κ3) is 7.18. The van der Waals surface area contributed by atoms with Crippen LogP contribution >= 0.6 is 43.6 Å². The number of hydrogen-bond donors (Lipinski definition) is 0. The summed E-state index contributed by atoms with van der Waals surface area (Å²) in [5.41, 5.74) is 1.55. The van der Waals surface area contributed by atoms with E-state index in [1.54, 1.807) is 17.9 Å². The standard InChI is InChI=1S/C24H24Br2N2O5S/c1-3-31-11-10-28-23(30)20(34-24(28)27-17-8-6-5-7-9-17)14-16-12-18(25)22(19(26)13-16)33-15-21(29)32-4-2/h5-9,12-14H,3-4,10-11,15H2,1-2H3/b20-14-,27-24?. The van der Waals surface area contributed by atoms with Crippen molar-refractivity contribution in [2.45, 2.75) is 13.8 Å². The Hall–Kier alpha value is -2.14. The van der Waals surface area contributed by atoms with E-state index in [0.29, 0.717) is 51.1 Å². The quantitative estimate of drug-likeness (QED) is 0.192. The summed E-state index contributed by atoms with van der Waals surface area (Å²) in [6.45, 7) is 5.16. The molecule has 1 amide bonds. The molecule has 1 aliphatic rings. The van der Waals surface area contributed by atoms with Gasteiger partial charge in [-0.15, -0.1) is 0 Å². The molecule has 0 aromatic heterocycles. The second-order valence-electron chi connectivity index (χ2n) is 6.90. The van der Waals surface area contributed by atoms with Crippen LogP contribution in [0, 0.1) is 0 Å². The minimum atomic E-state index is -0.446. The van der Waals surface area contributed by atoms with Crippen LogP contribution in [-0.4, -0.2) is 54.9 Å². The molecular formula is C24H24Br2N2O5S. The fraction of sp³-hybridized carbons (Fsp3) is 0.292. The molecule has 2 aromatic rings. The Bertz CT molecular complexity index is 1070. The van der Waals surface area contributed by atoms with Crippen molar-refractivity contribution in [3.63, 3.8) is 0 Å². The first-order valence-electron chi connectivity index (χ1n) is 10.6. The van der Waals surface area contributed by atoms with Crippen molar-refractivity contribution in [2.75, 3.05) is 33.0 Å². The van der Waals surface area contributed by atoms with Gasteiger partial charge in [0, 0.05) is 6.61 Å². The van der Waals surface area contributed by atoms with Crippen LogP contribution in [0.2, 0.25) is 0 Å². The van der Waals surface area contributed by atoms with Crippen LogP contribution in [0.25, 0.3) is 6.08 Å². The van der Waals surface area contributed by atoms with Crippen LogP contribution in [-0.2, 0) is 19.1 Å². The topological polar surface area (TPSA) is 77.4 Å². The predicted octanol–water partition coefficient (Wildman–Crippen LogP) is 5.79. The molecule has 0 atom stereocenters. The molecule has 1 fully saturated rings. The molecule has 1 aliphatic heterocycles. The van der Waals surface area contributed by atoms with E-state index in [4.69, 9.17) is 14.2 Å². The van der Waals surface area contributed by atoms with Gasteiger partial charge in [-0.05, 0) is 93.4 Å². The maximum Gasteiger partial charge on any atom is 0.344 e. The highest BCUT2D eigenvalue weighted by atomic mass is 79.9. The maximum absolute atomic E-state index is 13.2. The van der Waals surface area contributed by atoms with Gasteiger partial charge < -0.3 is 14.2 Å². The van der Waals surface area contributed by atoms with E-state index >= 15 is 0 Å². The van der Waals surface area contributed by atoms with Gasteiger partial charge in [0.25, 0.3) is 5.91 Å². The lowest BCUT2D eigenvalue weighted by Gasteiger charge is -2.15. The number of rotatable bonds is 10. The molecule has 0 unspecified atom stereocenters. The van der Waals surface area contributed by atoms with Crippen molar-refractivity contribution in [3.8, 4) is 5.75 Å². The number of halogens is 2. The van der Waals surface area contributed by atoms with E-state index in [1.165, 1.54) is 11.8 Å². The number of amides is 1. The average molecular weight is 612 g/mol. The largest absolute Gasteiger partial charge is 0.480 e. The minimum Gasteiger partial charge on any atom is -0.480 e. The van der Waals surface area contributed by atoms with Crippen LogP contribution in [0.1, 0.15) is 19.4 Å². The number of ether oxygens (including phenoxy) is 3. The van der Waals surface area contributed by atoms with Crippen LogP contribution in [0.5, 0.6) is 5.75 Å². The summed E-state index contributed by atoms with van der Waals surface area (Å²) < 4.78 is 17.2. The smallest absolute Gasteiger partial charge is 0.344 e. The normalized spacial score (nSPS) is 15.9. The maximum atomic E-state index is 13.2. The van der Waals surface area contributed by atoms with Gasteiger partial charge in [0.15, 0.2) is 11.8 Å². The molecule has 2 aromatic carbocycles. The molecule has 7 nitrogen and oxygen atoms in total. The van der Waals surface area contributed by atoms with Crippen LogP contribution in [0.15, 0.2) is 61.3 Å². The Morgan fingerprint density at radius 1 is 1.12 bits per heavy atom. The molecule has 0 bridgehead atoms. The fourth-order valence-corrected chi connectivity index (χ4v) is 5.46. The molecule has 3 rings (SSSR count). The lowest BCUT2D eigenvalue weighted by molar-refractivity contribution is -0.145. The van der Waals surface area contributed by atoms with Crippen molar-refractivity contribution >= 4 is 72.4 Å². The van der Waals surface area contributed by atoms with Crippen LogP contribution < -0.4 is 4.74 Å². The monoisotopic (exact) mass is 610 g/mol. The van der Waals surface area contributed by atoms with Gasteiger partial charge in [-0.2, -0.15) is 0 Å². The Balaban J connectivity index is 1.84. The number of esters is 1. The zero-order valence-corrected chi connectivity index (χ0v) is 22.7. The van der Waals surface area contributed by atoms with Crippen LogP contribution in [0.4, 0.5) is 5.69 Å². The van der Waals surface area contributed by atoms with Crippen molar-refractivity contribution in [2.24, 2.45) is 4.99 Å². The first-order chi connectivity index (χ1) is 16.4. The summed E-state index contributed by atoms with van der Waals surface area (Å²) in [4.78, 5) is 31.6. The molecular weight excluding hydrogens is 588 g/mol. The third-order valence-electron chi connectivity index (χ3n) is 4.49. The average Bonchev–Trinajstić information content (AvgIpc) is 3.08. The Morgan fingerprint density at radius 3 is 2.47 bits per heavy atom. The molecule has 180 valence electrons. The molecule has 34 heavy (non-hydrogen) atoms. The number of nitrogens with zero attached hydrogens (tertiary/aromatic N) is 2. The van der Waals surface area contributed by atoms with E-state index in [-0.39, 0.29) is 12.5 Å². The molecule has 10 heteroatoms. The third-order valence-corrected chi connectivity index (χ3v) is 6.68. The second kappa shape index (κ2) is 13.1. The van der Waals surface area contributed by atoms with Crippen molar-refractivity contribution < 1.29 is 23.8 Å². The number of thioether (sulfide) groups is 1. The van der Waals surface area contributed by atoms with Gasteiger partial charge in [0.1, 0.15) is 5.75 Å². The van der Waals surface area contributed by atoms with Crippen molar-refractivity contribution in [3.05, 3.63) is 61.9 Å². The second-order valence-corrected chi connectivity index (χ2v) is 9.62. The van der Waals surface area contributed by atoms with Gasteiger partial charge in [-0.1, -0.05) is 18.2 Å². The summed E-state index contributed by atoms with van der Waals surface area (Å²) in [6.07, 6.45) is 1.80. The number of carbonyl (C=O) groups is 2. The number of carbonyl (C=O) groups excluding carboxylic acids is 2. The Kier molecular flexibility index (Phi) is 10.2. The highest BCUT2D eigenvalue weighted by Gasteiger charge is 2.33. The highest BCUT2D eigenvalue weighted by Crippen LogP contribution is 2.38. The van der Waals surface area contributed by atoms with Gasteiger partial charge in [-0.3, -0.25) is 9.69 Å². The number of amidine groups is 1. The van der Waals surface area contributed by atoms with Gasteiger partial charge >= 0.3 is 5.97 Å². The minimum absolute atomic E-state index is 0.130. The lowest BCUT2D eigenvalue weighted by Crippen LogP contribution is -2.32. The Morgan fingerprint density at radius 2 is 1.82 bits per heavy atom. The number of benzene rings is 2. The molecule has 0 spiro atoms. The molecule has 1 heterocycles. The molecule has 1 saturated heterocycles. The summed E-state index contributed by atoms with van der Waals surface area (Å²) in [5, 5.41) is 0.606. The van der Waals surface area contributed by atoms with Crippen LogP contribution in [0.3, 0.4) is 0 Å².